The standard InChI is InChI=1S/C20H24N2O3S/c1-14-6-9-17(10-7-14)26(24,25)22-12-4-5-19(22)20(23)21-18-11-8-15(2)13-16(18)3/h6-11,13,19H,4-5,12H2,1-3H3,(H,21,23)/t19-/m1/s1. The third-order valence-corrected chi connectivity index (χ3v) is 6.70. The highest BCUT2D eigenvalue weighted by Gasteiger charge is 2.39. The molecule has 0 saturated carbocycles. The van der Waals surface area contributed by atoms with Gasteiger partial charge in [0, 0.05) is 12.2 Å². The Bertz CT molecular complexity index is 921. The molecule has 0 aromatic heterocycles. The molecule has 2 aromatic carbocycles. The molecule has 3 rings (SSSR count). The molecule has 1 amide bonds. The zero-order chi connectivity index (χ0) is 18.9. The minimum absolute atomic E-state index is 0.231. The van der Waals surface area contributed by atoms with E-state index in [0.717, 1.165) is 22.4 Å². The van der Waals surface area contributed by atoms with Crippen LogP contribution in [0.3, 0.4) is 0 Å². The van der Waals surface area contributed by atoms with Crippen LogP contribution < -0.4 is 5.32 Å². The molecule has 1 atom stereocenters. The van der Waals surface area contributed by atoms with Crippen LogP contribution >= 0.6 is 0 Å². The minimum Gasteiger partial charge on any atom is -0.324 e. The largest absolute Gasteiger partial charge is 0.324 e. The van der Waals surface area contributed by atoms with Gasteiger partial charge in [0.1, 0.15) is 6.04 Å². The second kappa shape index (κ2) is 7.21. The van der Waals surface area contributed by atoms with Crippen molar-refractivity contribution in [3.8, 4) is 0 Å². The average Bonchev–Trinajstić information content (AvgIpc) is 3.08. The molecular weight excluding hydrogens is 348 g/mol. The van der Waals surface area contributed by atoms with Crippen LogP contribution in [-0.2, 0) is 14.8 Å². The molecular formula is C20H24N2O3S. The quantitative estimate of drug-likeness (QED) is 0.894. The maximum atomic E-state index is 13.0. The van der Waals surface area contributed by atoms with Crippen LogP contribution in [0.1, 0.15) is 29.5 Å². The Morgan fingerprint density at radius 1 is 1.04 bits per heavy atom. The summed E-state index contributed by atoms with van der Waals surface area (Å²) in [6.07, 6.45) is 1.21. The number of nitrogens with zero attached hydrogens (tertiary/aromatic N) is 1. The number of nitrogens with one attached hydrogen (secondary N) is 1. The lowest BCUT2D eigenvalue weighted by Gasteiger charge is -2.24. The van der Waals surface area contributed by atoms with Crippen molar-refractivity contribution in [2.24, 2.45) is 0 Å². The Labute approximate surface area is 155 Å². The number of hydrogen-bond acceptors (Lipinski definition) is 3. The van der Waals surface area contributed by atoms with Crippen molar-refractivity contribution in [1.29, 1.82) is 0 Å². The summed E-state index contributed by atoms with van der Waals surface area (Å²) in [5, 5.41) is 2.90. The van der Waals surface area contributed by atoms with Crippen LogP contribution in [0.5, 0.6) is 0 Å². The van der Waals surface area contributed by atoms with Gasteiger partial charge in [-0.3, -0.25) is 4.79 Å². The highest BCUT2D eigenvalue weighted by atomic mass is 32.2. The van der Waals surface area contributed by atoms with Gasteiger partial charge in [-0.15, -0.1) is 0 Å². The third-order valence-electron chi connectivity index (χ3n) is 4.77. The second-order valence-electron chi connectivity index (χ2n) is 6.89. The molecule has 1 heterocycles. The van der Waals surface area contributed by atoms with E-state index < -0.39 is 16.1 Å². The monoisotopic (exact) mass is 372 g/mol. The molecule has 6 heteroatoms. The van der Waals surface area contributed by atoms with Crippen molar-refractivity contribution < 1.29 is 13.2 Å². The van der Waals surface area contributed by atoms with Gasteiger partial charge in [0.15, 0.2) is 0 Å². The predicted octanol–water partition coefficient (Wildman–Crippen LogP) is 3.40. The number of amides is 1. The average molecular weight is 372 g/mol. The van der Waals surface area contributed by atoms with Gasteiger partial charge in [0.05, 0.1) is 4.90 Å². The Morgan fingerprint density at radius 2 is 1.69 bits per heavy atom. The van der Waals surface area contributed by atoms with Crippen molar-refractivity contribution in [1.82, 2.24) is 4.31 Å². The highest BCUT2D eigenvalue weighted by molar-refractivity contribution is 7.89. The summed E-state index contributed by atoms with van der Waals surface area (Å²) in [7, 11) is -3.69. The van der Waals surface area contributed by atoms with E-state index in [2.05, 4.69) is 5.32 Å². The number of sulfonamides is 1. The molecule has 2 aromatic rings. The molecule has 0 aliphatic carbocycles. The second-order valence-corrected chi connectivity index (χ2v) is 8.79. The number of rotatable bonds is 4. The number of benzene rings is 2. The van der Waals surface area contributed by atoms with E-state index in [0.29, 0.717) is 19.4 Å². The van der Waals surface area contributed by atoms with Crippen LogP contribution in [0, 0.1) is 20.8 Å². The van der Waals surface area contributed by atoms with Gasteiger partial charge in [0.25, 0.3) is 0 Å². The molecule has 1 fully saturated rings. The normalized spacial score (nSPS) is 18.0. The molecule has 1 saturated heterocycles. The summed E-state index contributed by atoms with van der Waals surface area (Å²) in [5.41, 5.74) is 3.80. The van der Waals surface area contributed by atoms with Crippen LogP contribution in [0.4, 0.5) is 5.69 Å². The number of aryl methyl sites for hydroxylation is 3. The zero-order valence-corrected chi connectivity index (χ0v) is 16.1. The van der Waals surface area contributed by atoms with E-state index >= 15 is 0 Å². The molecule has 1 aliphatic heterocycles. The van der Waals surface area contributed by atoms with Gasteiger partial charge < -0.3 is 5.32 Å². The van der Waals surface area contributed by atoms with Gasteiger partial charge in [-0.05, 0) is 57.4 Å². The lowest BCUT2D eigenvalue weighted by Crippen LogP contribution is -2.43. The lowest BCUT2D eigenvalue weighted by atomic mass is 10.1. The Morgan fingerprint density at radius 3 is 2.35 bits per heavy atom. The number of carbonyl (C=O) groups is 1. The molecule has 1 N–H and O–H groups in total. The summed E-state index contributed by atoms with van der Waals surface area (Å²) in [5.74, 6) is -0.273. The van der Waals surface area contributed by atoms with Crippen molar-refractivity contribution in [2.75, 3.05) is 11.9 Å². The molecule has 0 spiro atoms. The van der Waals surface area contributed by atoms with Crippen LogP contribution in [0.2, 0.25) is 0 Å². The summed E-state index contributed by atoms with van der Waals surface area (Å²) < 4.78 is 27.3. The third kappa shape index (κ3) is 3.66. The van der Waals surface area contributed by atoms with E-state index in [1.165, 1.54) is 4.31 Å². The van der Waals surface area contributed by atoms with Gasteiger partial charge in [-0.1, -0.05) is 35.4 Å². The number of hydrogen-bond donors (Lipinski definition) is 1. The first-order chi connectivity index (χ1) is 12.3. The van der Waals surface area contributed by atoms with Crippen molar-refractivity contribution in [2.45, 2.75) is 44.6 Å². The Balaban J connectivity index is 1.83. The molecule has 0 bridgehead atoms. The van der Waals surface area contributed by atoms with Gasteiger partial charge in [-0.25, -0.2) is 8.42 Å². The maximum absolute atomic E-state index is 13.0. The van der Waals surface area contributed by atoms with Crippen LogP contribution in [0.25, 0.3) is 0 Å². The van der Waals surface area contributed by atoms with E-state index in [9.17, 15) is 13.2 Å². The van der Waals surface area contributed by atoms with Gasteiger partial charge in [-0.2, -0.15) is 4.31 Å². The predicted molar refractivity (Wildman–Crippen MR) is 103 cm³/mol. The van der Waals surface area contributed by atoms with E-state index in [-0.39, 0.29) is 10.8 Å². The van der Waals surface area contributed by atoms with E-state index in [1.807, 2.05) is 39.0 Å². The number of anilines is 1. The van der Waals surface area contributed by atoms with E-state index in [4.69, 9.17) is 0 Å². The topological polar surface area (TPSA) is 66.5 Å². The molecule has 26 heavy (non-hydrogen) atoms. The van der Waals surface area contributed by atoms with Crippen molar-refractivity contribution in [3.63, 3.8) is 0 Å². The summed E-state index contributed by atoms with van der Waals surface area (Å²) in [6.45, 7) is 6.19. The van der Waals surface area contributed by atoms with Crippen molar-refractivity contribution in [3.05, 3.63) is 59.2 Å². The number of carbonyl (C=O) groups excluding carboxylic acids is 1. The SMILES string of the molecule is Cc1ccc(S(=O)(=O)N2CCC[C@@H]2C(=O)Nc2ccc(C)cc2C)cc1. The first kappa shape index (κ1) is 18.6. The first-order valence-corrected chi connectivity index (χ1v) is 10.2. The summed E-state index contributed by atoms with van der Waals surface area (Å²) >= 11 is 0. The first-order valence-electron chi connectivity index (χ1n) is 8.75. The fourth-order valence-electron chi connectivity index (χ4n) is 3.31. The Kier molecular flexibility index (Phi) is 5.16. The zero-order valence-electron chi connectivity index (χ0n) is 15.3. The lowest BCUT2D eigenvalue weighted by molar-refractivity contribution is -0.119. The van der Waals surface area contributed by atoms with Crippen LogP contribution in [0.15, 0.2) is 47.4 Å². The smallest absolute Gasteiger partial charge is 0.243 e. The summed E-state index contributed by atoms with van der Waals surface area (Å²) in [6, 6.07) is 11.8. The molecule has 138 valence electrons. The molecule has 1 aliphatic rings. The van der Waals surface area contributed by atoms with Crippen LogP contribution in [-0.4, -0.2) is 31.2 Å². The fraction of sp³-hybridized carbons (Fsp3) is 0.350. The van der Waals surface area contributed by atoms with E-state index in [1.54, 1.807) is 24.3 Å². The maximum Gasteiger partial charge on any atom is 0.243 e. The van der Waals surface area contributed by atoms with Gasteiger partial charge >= 0.3 is 0 Å². The summed E-state index contributed by atoms with van der Waals surface area (Å²) in [4.78, 5) is 13.0. The molecule has 5 nitrogen and oxygen atoms in total. The molecule has 0 unspecified atom stereocenters. The minimum atomic E-state index is -3.69. The fourth-order valence-corrected chi connectivity index (χ4v) is 4.96. The molecule has 0 radical (unpaired) electrons. The highest BCUT2D eigenvalue weighted by Crippen LogP contribution is 2.27. The Hall–Kier alpha value is -2.18. The van der Waals surface area contributed by atoms with Crippen molar-refractivity contribution >= 4 is 21.6 Å². The van der Waals surface area contributed by atoms with Gasteiger partial charge in [0.2, 0.25) is 15.9 Å².